The molecule has 2 rings (SSSR count). The minimum atomic E-state index is -0.560. The van der Waals surface area contributed by atoms with Gasteiger partial charge in [0, 0.05) is 17.7 Å². The number of aromatic amines is 1. The van der Waals surface area contributed by atoms with E-state index < -0.39 is 16.5 Å². The molecule has 0 amide bonds. The molecular formula is C15H15N3O5. The number of H-pyrrole nitrogens is 1. The monoisotopic (exact) mass is 317 g/mol. The number of nitro benzene ring substituents is 1. The predicted octanol–water partition coefficient (Wildman–Crippen LogP) is 1.76. The van der Waals surface area contributed by atoms with E-state index in [2.05, 4.69) is 9.97 Å². The number of rotatable bonds is 5. The molecule has 120 valence electrons. The molecule has 1 heterocycles. The highest BCUT2D eigenvalue weighted by Gasteiger charge is 2.18. The highest BCUT2D eigenvalue weighted by Crippen LogP contribution is 2.24. The van der Waals surface area contributed by atoms with Gasteiger partial charge in [-0.05, 0) is 13.8 Å². The van der Waals surface area contributed by atoms with Gasteiger partial charge in [0.05, 0.1) is 29.2 Å². The van der Waals surface area contributed by atoms with Gasteiger partial charge in [-0.1, -0.05) is 12.1 Å². The molecular weight excluding hydrogens is 302 g/mol. The van der Waals surface area contributed by atoms with Crippen LogP contribution in [-0.4, -0.2) is 27.5 Å². The maximum atomic E-state index is 12.2. The molecule has 0 spiro atoms. The molecule has 0 aliphatic rings. The smallest absolute Gasteiger partial charge is 0.310 e. The Bertz CT molecular complexity index is 813. The van der Waals surface area contributed by atoms with Crippen LogP contribution in [0.1, 0.15) is 18.3 Å². The molecule has 0 fully saturated rings. The molecule has 23 heavy (non-hydrogen) atoms. The fourth-order valence-corrected chi connectivity index (χ4v) is 2.14. The standard InChI is InChI=1S/C15H15N3O5/c1-3-23-13(19)8-12-14(16-9(2)17-15(12)20)10-5-4-6-11(7-10)18(21)22/h4-7H,3,8H2,1-2H3,(H,16,17,20). The van der Waals surface area contributed by atoms with Crippen molar-refractivity contribution in [3.63, 3.8) is 0 Å². The number of esters is 1. The van der Waals surface area contributed by atoms with Crippen LogP contribution in [0.3, 0.4) is 0 Å². The van der Waals surface area contributed by atoms with E-state index >= 15 is 0 Å². The van der Waals surface area contributed by atoms with Crippen LogP contribution >= 0.6 is 0 Å². The van der Waals surface area contributed by atoms with Crippen molar-refractivity contribution >= 4 is 11.7 Å². The maximum absolute atomic E-state index is 12.2. The number of ether oxygens (including phenoxy) is 1. The molecule has 0 atom stereocenters. The van der Waals surface area contributed by atoms with E-state index in [1.54, 1.807) is 19.9 Å². The third-order valence-electron chi connectivity index (χ3n) is 3.09. The first-order chi connectivity index (χ1) is 10.9. The number of aromatic nitrogens is 2. The average molecular weight is 317 g/mol. The second-order valence-electron chi connectivity index (χ2n) is 4.77. The van der Waals surface area contributed by atoms with Gasteiger partial charge in [-0.2, -0.15) is 0 Å². The van der Waals surface area contributed by atoms with Gasteiger partial charge in [0.25, 0.3) is 11.2 Å². The van der Waals surface area contributed by atoms with Crippen molar-refractivity contribution in [2.75, 3.05) is 6.61 Å². The van der Waals surface area contributed by atoms with Gasteiger partial charge >= 0.3 is 5.97 Å². The number of nitrogens with zero attached hydrogens (tertiary/aromatic N) is 2. The molecule has 0 bridgehead atoms. The van der Waals surface area contributed by atoms with Crippen LogP contribution in [0.2, 0.25) is 0 Å². The van der Waals surface area contributed by atoms with E-state index in [4.69, 9.17) is 4.74 Å². The van der Waals surface area contributed by atoms with Crippen molar-refractivity contribution in [3.8, 4) is 11.3 Å². The maximum Gasteiger partial charge on any atom is 0.310 e. The van der Waals surface area contributed by atoms with Crippen molar-refractivity contribution < 1.29 is 14.5 Å². The number of nitrogens with one attached hydrogen (secondary N) is 1. The lowest BCUT2D eigenvalue weighted by Crippen LogP contribution is -2.21. The molecule has 0 aliphatic carbocycles. The molecule has 0 radical (unpaired) electrons. The van der Waals surface area contributed by atoms with Crippen LogP contribution in [0, 0.1) is 17.0 Å². The summed E-state index contributed by atoms with van der Waals surface area (Å²) in [6, 6.07) is 5.76. The summed E-state index contributed by atoms with van der Waals surface area (Å²) in [5.74, 6) is -0.209. The summed E-state index contributed by atoms with van der Waals surface area (Å²) in [5.41, 5.74) is 0.168. The number of nitro groups is 1. The molecule has 0 unspecified atom stereocenters. The largest absolute Gasteiger partial charge is 0.466 e. The topological polar surface area (TPSA) is 115 Å². The Morgan fingerprint density at radius 3 is 2.83 bits per heavy atom. The summed E-state index contributed by atoms with van der Waals surface area (Å²) in [7, 11) is 0. The van der Waals surface area contributed by atoms with Crippen molar-refractivity contribution in [1.82, 2.24) is 9.97 Å². The van der Waals surface area contributed by atoms with E-state index in [9.17, 15) is 19.7 Å². The summed E-state index contributed by atoms with van der Waals surface area (Å²) in [6.45, 7) is 3.45. The SMILES string of the molecule is CCOC(=O)Cc1c(-c2cccc([N+](=O)[O-])c2)nc(C)[nH]c1=O. The van der Waals surface area contributed by atoms with Crippen LogP contribution in [0.4, 0.5) is 5.69 Å². The van der Waals surface area contributed by atoms with Crippen molar-refractivity contribution in [2.45, 2.75) is 20.3 Å². The number of non-ortho nitro benzene ring substituents is 1. The van der Waals surface area contributed by atoms with Gasteiger partial charge in [-0.3, -0.25) is 19.7 Å². The van der Waals surface area contributed by atoms with Gasteiger partial charge in [-0.25, -0.2) is 4.98 Å². The molecule has 8 nitrogen and oxygen atoms in total. The Morgan fingerprint density at radius 1 is 1.43 bits per heavy atom. The average Bonchev–Trinajstić information content (AvgIpc) is 2.50. The van der Waals surface area contributed by atoms with Crippen LogP contribution < -0.4 is 5.56 Å². The quantitative estimate of drug-likeness (QED) is 0.510. The van der Waals surface area contributed by atoms with Gasteiger partial charge in [0.15, 0.2) is 0 Å². The normalized spacial score (nSPS) is 10.3. The zero-order valence-electron chi connectivity index (χ0n) is 12.7. The lowest BCUT2D eigenvalue weighted by molar-refractivity contribution is -0.384. The van der Waals surface area contributed by atoms with Crippen molar-refractivity contribution in [3.05, 3.63) is 56.1 Å². The minimum Gasteiger partial charge on any atom is -0.466 e. The van der Waals surface area contributed by atoms with Crippen molar-refractivity contribution in [2.24, 2.45) is 0 Å². The van der Waals surface area contributed by atoms with Gasteiger partial charge in [-0.15, -0.1) is 0 Å². The molecule has 1 aromatic heterocycles. The zero-order chi connectivity index (χ0) is 17.0. The number of aryl methyl sites for hydroxylation is 1. The summed E-state index contributed by atoms with van der Waals surface area (Å²) >= 11 is 0. The second-order valence-corrected chi connectivity index (χ2v) is 4.77. The first kappa shape index (κ1) is 16.3. The lowest BCUT2D eigenvalue weighted by Gasteiger charge is -2.09. The number of carbonyl (C=O) groups is 1. The lowest BCUT2D eigenvalue weighted by atomic mass is 10.0. The molecule has 0 aliphatic heterocycles. The fraction of sp³-hybridized carbons (Fsp3) is 0.267. The summed E-state index contributed by atoms with van der Waals surface area (Å²) < 4.78 is 4.86. The Morgan fingerprint density at radius 2 is 2.17 bits per heavy atom. The third kappa shape index (κ3) is 3.79. The van der Waals surface area contributed by atoms with Gasteiger partial charge in [0.2, 0.25) is 0 Å². The fourth-order valence-electron chi connectivity index (χ4n) is 2.14. The molecule has 1 aromatic carbocycles. The molecule has 1 N–H and O–H groups in total. The highest BCUT2D eigenvalue weighted by atomic mass is 16.6. The van der Waals surface area contributed by atoms with E-state index in [-0.39, 0.29) is 30.0 Å². The zero-order valence-corrected chi connectivity index (χ0v) is 12.7. The van der Waals surface area contributed by atoms with E-state index in [1.807, 2.05) is 0 Å². The first-order valence-corrected chi connectivity index (χ1v) is 6.92. The van der Waals surface area contributed by atoms with Gasteiger partial charge in [0.1, 0.15) is 5.82 Å². The van der Waals surface area contributed by atoms with Crippen LogP contribution in [0.15, 0.2) is 29.1 Å². The second kappa shape index (κ2) is 6.82. The minimum absolute atomic E-state index is 0.120. The van der Waals surface area contributed by atoms with E-state index in [0.29, 0.717) is 11.4 Å². The number of hydrogen-bond acceptors (Lipinski definition) is 6. The summed E-state index contributed by atoms with van der Waals surface area (Å²) in [6.07, 6.45) is -0.255. The predicted molar refractivity (Wildman–Crippen MR) is 82.0 cm³/mol. The Kier molecular flexibility index (Phi) is 4.85. The Labute approximate surface area is 131 Å². The molecule has 0 saturated carbocycles. The third-order valence-corrected chi connectivity index (χ3v) is 3.09. The molecule has 2 aromatic rings. The first-order valence-electron chi connectivity index (χ1n) is 6.92. The van der Waals surface area contributed by atoms with Crippen molar-refractivity contribution in [1.29, 1.82) is 0 Å². The van der Waals surface area contributed by atoms with Crippen LogP contribution in [0.5, 0.6) is 0 Å². The summed E-state index contributed by atoms with van der Waals surface area (Å²) in [4.78, 5) is 41.0. The van der Waals surface area contributed by atoms with E-state index in [0.717, 1.165) is 0 Å². The van der Waals surface area contributed by atoms with Crippen LogP contribution in [-0.2, 0) is 16.0 Å². The molecule has 0 saturated heterocycles. The van der Waals surface area contributed by atoms with Gasteiger partial charge < -0.3 is 9.72 Å². The Balaban J connectivity index is 2.57. The number of carbonyl (C=O) groups excluding carboxylic acids is 1. The Hall–Kier alpha value is -3.03. The molecule has 8 heteroatoms. The highest BCUT2D eigenvalue weighted by molar-refractivity contribution is 5.76. The number of benzene rings is 1. The number of hydrogen-bond donors (Lipinski definition) is 1. The van der Waals surface area contributed by atoms with E-state index in [1.165, 1.54) is 18.2 Å². The summed E-state index contributed by atoms with van der Waals surface area (Å²) in [5, 5.41) is 10.9. The van der Waals surface area contributed by atoms with Crippen LogP contribution in [0.25, 0.3) is 11.3 Å².